The van der Waals surface area contributed by atoms with Crippen LogP contribution in [0.5, 0.6) is 0 Å². The highest BCUT2D eigenvalue weighted by Crippen LogP contribution is 2.56. The first-order valence-corrected chi connectivity index (χ1v) is 21.1. The Kier molecular flexibility index (Phi) is 16.4. The predicted octanol–water partition coefficient (Wildman–Crippen LogP) is -2.90. The zero-order valence-electron chi connectivity index (χ0n) is 28.8. The Morgan fingerprint density at radius 3 is 2.46 bits per heavy atom. The van der Waals surface area contributed by atoms with Crippen LogP contribution in [0.3, 0.4) is 0 Å². The van der Waals surface area contributed by atoms with E-state index in [1.807, 2.05) is 6.92 Å². The van der Waals surface area contributed by atoms with E-state index in [0.29, 0.717) is 12.2 Å². The van der Waals surface area contributed by atoms with Crippen LogP contribution >= 0.6 is 35.2 Å². The highest BCUT2D eigenvalue weighted by molar-refractivity contribution is 8.14. The number of rotatable bonds is 21. The molecule has 3 rings (SSSR count). The number of nitrogens with two attached hydrogens (primary N) is 1. The second-order valence-corrected chi connectivity index (χ2v) is 17.1. The van der Waals surface area contributed by atoms with Gasteiger partial charge in [0.2, 0.25) is 16.9 Å². The maximum atomic E-state index is 12.5. The molecule has 1 fully saturated rings. The van der Waals surface area contributed by atoms with E-state index in [9.17, 15) is 57.9 Å². The normalized spacial score (nSPS) is 22.2. The summed E-state index contributed by atoms with van der Waals surface area (Å²) >= 11 is 1.01. The van der Waals surface area contributed by atoms with Gasteiger partial charge < -0.3 is 69.0 Å². The molecule has 3 heterocycles. The number of aliphatic hydroxyl groups excluding tert-OH is 2. The average molecular weight is 846 g/mol. The Labute approximate surface area is 311 Å². The summed E-state index contributed by atoms with van der Waals surface area (Å²) in [6.45, 7) is 1.96. The lowest BCUT2D eigenvalue weighted by Gasteiger charge is -2.36. The fourth-order valence-corrected chi connectivity index (χ4v) is 7.85. The number of imidazole rings is 1. The summed E-state index contributed by atoms with van der Waals surface area (Å²) in [5.74, 6) is -1.23. The summed E-state index contributed by atoms with van der Waals surface area (Å²) in [7, 11) is -17.6. The molecule has 1 aliphatic rings. The number of hydrogen-bond acceptors (Lipinski definition) is 22. The van der Waals surface area contributed by atoms with Crippen LogP contribution in [-0.2, 0) is 50.7 Å². The van der Waals surface area contributed by atoms with Gasteiger partial charge in [-0.3, -0.25) is 28.1 Å². The third-order valence-electron chi connectivity index (χ3n) is 7.21. The van der Waals surface area contributed by atoms with Gasteiger partial charge in [-0.2, -0.15) is 0 Å². The molecule has 7 unspecified atom stereocenters. The number of thioether (sulfide) groups is 1. The number of phosphoric acid groups is 3. The molecule has 0 aromatic carbocycles. The van der Waals surface area contributed by atoms with Gasteiger partial charge >= 0.3 is 0 Å². The number of hydrogen-bond donors (Lipinski definition) is 5. The number of nitrogens with one attached hydrogen (secondary N) is 2. The highest BCUT2D eigenvalue weighted by atomic mass is 32.2. The maximum Gasteiger partial charge on any atom is 0.274 e. The van der Waals surface area contributed by atoms with E-state index >= 15 is 0 Å². The van der Waals surface area contributed by atoms with Crippen molar-refractivity contribution in [1.29, 1.82) is 0 Å². The molecule has 0 saturated carbocycles. The van der Waals surface area contributed by atoms with Gasteiger partial charge in [0.25, 0.3) is 15.6 Å². The number of amides is 2. The topological polar surface area (TPSA) is 375 Å². The molecule has 2 aromatic heterocycles. The molecular weight excluding hydrogens is 807 g/mol. The molecule has 0 spiro atoms. The summed E-state index contributed by atoms with van der Waals surface area (Å²) in [6, 6.07) is 0. The van der Waals surface area contributed by atoms with Gasteiger partial charge in [-0.05, 0) is 12.5 Å². The SMILES string of the molecule is CC/C=C/C(=O)SCCNC(=O)CCNC(=O)C(O)C(C)(C)COP(=O)([O-])OP(=O)([O-])OCC1OC(n2cnc3c(N)ncnc32)C(O)C1OP(=O)([O-])[O-]. The standard InChI is InChI=1S/C26H42N7O17P3S/c1-4-5-6-17(35)54-10-9-28-16(34)7-8-29-24(38)21(37)26(2,3)12-47-53(44,45)50-52(42,43)46-11-15-20(49-51(39,40)41)19(36)25(48-15)33-14-32-18-22(27)30-13-31-23(18)33/h5-6,13-15,19-21,25,36-37H,4,7-12H2,1-3H3,(H,28,34)(H,29,38)(H,42,43)(H,44,45)(H2,27,30,31)(H2,39,40,41)/p-4/b6-5+. The summed E-state index contributed by atoms with van der Waals surface area (Å²) in [5.41, 5.74) is 4.06. The minimum atomic E-state index is -5.91. The maximum absolute atomic E-state index is 12.5. The van der Waals surface area contributed by atoms with Crippen LogP contribution in [0, 0.1) is 5.41 Å². The number of fused-ring (bicyclic) bond motifs is 1. The van der Waals surface area contributed by atoms with Gasteiger partial charge in [0, 0.05) is 30.7 Å². The molecule has 304 valence electrons. The minimum absolute atomic E-state index is 0.0216. The number of nitrogen functional groups attached to an aromatic ring is 1. The van der Waals surface area contributed by atoms with Gasteiger partial charge in [-0.25, -0.2) is 19.3 Å². The molecule has 0 radical (unpaired) electrons. The van der Waals surface area contributed by atoms with E-state index in [1.54, 1.807) is 6.08 Å². The van der Waals surface area contributed by atoms with Crippen LogP contribution in [0.2, 0.25) is 0 Å². The second-order valence-electron chi connectivity index (χ2n) is 12.0. The monoisotopic (exact) mass is 845 g/mol. The molecule has 6 N–H and O–H groups in total. The third-order valence-corrected chi connectivity index (χ3v) is 11.1. The molecule has 1 aliphatic heterocycles. The first-order valence-electron chi connectivity index (χ1n) is 15.7. The molecular formula is C26H38N7O17P3S-4. The Hall–Kier alpha value is -2.70. The van der Waals surface area contributed by atoms with E-state index in [-0.39, 0.29) is 41.6 Å². The number of ether oxygens (including phenoxy) is 1. The Bertz CT molecular complexity index is 1810. The van der Waals surface area contributed by atoms with Crippen LogP contribution in [-0.4, -0.2) is 103 Å². The number of anilines is 1. The zero-order valence-corrected chi connectivity index (χ0v) is 32.3. The summed E-state index contributed by atoms with van der Waals surface area (Å²) in [5, 5.41) is 26.0. The lowest BCUT2D eigenvalue weighted by atomic mass is 9.87. The van der Waals surface area contributed by atoms with Crippen molar-refractivity contribution in [1.82, 2.24) is 30.2 Å². The van der Waals surface area contributed by atoms with E-state index in [4.69, 9.17) is 10.5 Å². The largest absolute Gasteiger partial charge is 0.790 e. The summed E-state index contributed by atoms with van der Waals surface area (Å²) in [4.78, 5) is 95.4. The first-order chi connectivity index (χ1) is 25.1. The lowest BCUT2D eigenvalue weighted by molar-refractivity contribution is -0.347. The number of allylic oxidation sites excluding steroid dienone is 1. The van der Waals surface area contributed by atoms with Crippen molar-refractivity contribution in [3.05, 3.63) is 24.8 Å². The fourth-order valence-electron chi connectivity index (χ4n) is 4.52. The van der Waals surface area contributed by atoms with Crippen molar-refractivity contribution in [2.45, 2.75) is 64.3 Å². The molecule has 28 heteroatoms. The van der Waals surface area contributed by atoms with Crippen molar-refractivity contribution in [3.63, 3.8) is 0 Å². The van der Waals surface area contributed by atoms with Gasteiger partial charge in [-0.1, -0.05) is 38.6 Å². The molecule has 24 nitrogen and oxygen atoms in total. The third kappa shape index (κ3) is 13.8. The molecule has 1 saturated heterocycles. The smallest absolute Gasteiger partial charge is 0.274 e. The van der Waals surface area contributed by atoms with Gasteiger partial charge in [0.05, 0.1) is 27.4 Å². The van der Waals surface area contributed by atoms with Crippen molar-refractivity contribution in [3.8, 4) is 0 Å². The van der Waals surface area contributed by atoms with Crippen LogP contribution in [0.25, 0.3) is 11.2 Å². The summed E-state index contributed by atoms with van der Waals surface area (Å²) < 4.78 is 60.4. The van der Waals surface area contributed by atoms with Crippen LogP contribution < -0.4 is 35.9 Å². The van der Waals surface area contributed by atoms with E-state index in [2.05, 4.69) is 43.5 Å². The highest BCUT2D eigenvalue weighted by Gasteiger charge is 2.47. The van der Waals surface area contributed by atoms with Gasteiger partial charge in [-0.15, -0.1) is 0 Å². The number of aromatic nitrogens is 4. The fraction of sp³-hybridized carbons (Fsp3) is 0.615. The lowest BCUT2D eigenvalue weighted by Crippen LogP contribution is -2.46. The summed E-state index contributed by atoms with van der Waals surface area (Å²) in [6.07, 6.45) is -3.74. The number of phosphoric ester groups is 3. The average Bonchev–Trinajstić information content (AvgIpc) is 3.63. The predicted molar refractivity (Wildman–Crippen MR) is 178 cm³/mol. The van der Waals surface area contributed by atoms with Crippen LogP contribution in [0.1, 0.15) is 39.8 Å². The van der Waals surface area contributed by atoms with E-state index < -0.39 is 84.6 Å². The molecule has 2 amide bonds. The number of carbonyl (C=O) groups excluding carboxylic acids is 3. The Morgan fingerprint density at radius 2 is 1.80 bits per heavy atom. The second kappa shape index (κ2) is 19.4. The Morgan fingerprint density at radius 1 is 1.11 bits per heavy atom. The minimum Gasteiger partial charge on any atom is -0.790 e. The number of nitrogens with zero attached hydrogens (tertiary/aromatic N) is 4. The van der Waals surface area contributed by atoms with Crippen molar-refractivity contribution in [2.75, 3.05) is 37.8 Å². The van der Waals surface area contributed by atoms with Gasteiger partial charge in [0.1, 0.15) is 36.3 Å². The number of carbonyl (C=O) groups is 3. The van der Waals surface area contributed by atoms with E-state index in [1.165, 1.54) is 19.9 Å². The molecule has 0 bridgehead atoms. The van der Waals surface area contributed by atoms with Crippen molar-refractivity contribution < 1.29 is 80.5 Å². The molecule has 0 aliphatic carbocycles. The molecule has 54 heavy (non-hydrogen) atoms. The molecule has 2 aromatic rings. The van der Waals surface area contributed by atoms with Crippen LogP contribution in [0.4, 0.5) is 5.82 Å². The van der Waals surface area contributed by atoms with E-state index in [0.717, 1.165) is 29.0 Å². The number of aliphatic hydroxyl groups is 2. The van der Waals surface area contributed by atoms with Crippen molar-refractivity contribution >= 4 is 69.1 Å². The Balaban J connectivity index is 1.51. The van der Waals surface area contributed by atoms with Crippen molar-refractivity contribution in [2.24, 2.45) is 5.41 Å². The molecule has 7 atom stereocenters. The van der Waals surface area contributed by atoms with Gasteiger partial charge in [0.15, 0.2) is 17.7 Å². The van der Waals surface area contributed by atoms with Crippen LogP contribution in [0.15, 0.2) is 24.8 Å². The quantitative estimate of drug-likeness (QED) is 0.0478. The first kappa shape index (κ1) is 45.7. The zero-order chi connectivity index (χ0) is 40.5.